The number of benzene rings is 1. The number of fused-ring (bicyclic) bond motifs is 1. The first kappa shape index (κ1) is 22.3. The van der Waals surface area contributed by atoms with Gasteiger partial charge in [-0.1, -0.05) is 20.8 Å². The lowest BCUT2D eigenvalue weighted by Crippen LogP contribution is -2.31. The number of likely N-dealkylation sites (N-methyl/N-ethyl adjacent to an activating group) is 1. The van der Waals surface area contributed by atoms with Gasteiger partial charge < -0.3 is 14.5 Å². The standard InChI is InChI=1S/C25H33N5O2/c1-7-32-24(31)21-15-22(25(2,3)4)27-30(21)18-9-10-20-17(14-18)8-11-23(26-20)29-13-12-19(16-29)28(5)6/h8-11,14-15,19H,7,12-13,16H2,1-6H3. The van der Waals surface area contributed by atoms with Crippen LogP contribution in [0.4, 0.5) is 5.82 Å². The zero-order valence-corrected chi connectivity index (χ0v) is 19.9. The highest BCUT2D eigenvalue weighted by Gasteiger charge is 2.26. The lowest BCUT2D eigenvalue weighted by atomic mass is 9.92. The summed E-state index contributed by atoms with van der Waals surface area (Å²) in [5.41, 5.74) is 2.85. The molecule has 2 aromatic heterocycles. The highest BCUT2D eigenvalue weighted by atomic mass is 16.5. The third kappa shape index (κ3) is 4.35. The Labute approximate surface area is 190 Å². The predicted molar refractivity (Wildman–Crippen MR) is 128 cm³/mol. The van der Waals surface area contributed by atoms with E-state index in [1.54, 1.807) is 4.68 Å². The van der Waals surface area contributed by atoms with E-state index >= 15 is 0 Å². The van der Waals surface area contributed by atoms with Crippen LogP contribution in [0.5, 0.6) is 0 Å². The van der Waals surface area contributed by atoms with Gasteiger partial charge in [-0.2, -0.15) is 5.10 Å². The first-order valence-corrected chi connectivity index (χ1v) is 11.3. The Balaban J connectivity index is 1.69. The van der Waals surface area contributed by atoms with E-state index in [9.17, 15) is 4.79 Å². The number of ether oxygens (including phenoxy) is 1. The SMILES string of the molecule is CCOC(=O)c1cc(C(C)(C)C)nn1-c1ccc2nc(N3CCC(N(C)C)C3)ccc2c1. The van der Waals surface area contributed by atoms with Gasteiger partial charge in [-0.15, -0.1) is 0 Å². The molecular weight excluding hydrogens is 402 g/mol. The first-order chi connectivity index (χ1) is 15.2. The summed E-state index contributed by atoms with van der Waals surface area (Å²) in [4.78, 5) is 22.1. The van der Waals surface area contributed by atoms with Crippen LogP contribution in [0, 0.1) is 0 Å². The van der Waals surface area contributed by atoms with Gasteiger partial charge in [0.05, 0.1) is 23.5 Å². The van der Waals surface area contributed by atoms with Crippen molar-refractivity contribution in [2.45, 2.75) is 45.6 Å². The molecule has 0 bridgehead atoms. The molecule has 1 atom stereocenters. The van der Waals surface area contributed by atoms with Crippen LogP contribution in [-0.2, 0) is 10.2 Å². The summed E-state index contributed by atoms with van der Waals surface area (Å²) in [7, 11) is 4.27. The zero-order valence-electron chi connectivity index (χ0n) is 19.9. The molecule has 0 spiro atoms. The van der Waals surface area contributed by atoms with Crippen molar-refractivity contribution < 1.29 is 9.53 Å². The smallest absolute Gasteiger partial charge is 0.357 e. The van der Waals surface area contributed by atoms with E-state index in [1.165, 1.54) is 0 Å². The number of hydrogen-bond acceptors (Lipinski definition) is 6. The quantitative estimate of drug-likeness (QED) is 0.564. The average molecular weight is 436 g/mol. The van der Waals surface area contributed by atoms with Gasteiger partial charge in [0.1, 0.15) is 5.82 Å². The summed E-state index contributed by atoms with van der Waals surface area (Å²) in [5.74, 6) is 0.643. The number of aromatic nitrogens is 3. The molecule has 4 rings (SSSR count). The fourth-order valence-electron chi connectivity index (χ4n) is 4.08. The fraction of sp³-hybridized carbons (Fsp3) is 0.480. The maximum Gasteiger partial charge on any atom is 0.357 e. The van der Waals surface area contributed by atoms with Crippen LogP contribution >= 0.6 is 0 Å². The van der Waals surface area contributed by atoms with Crippen molar-refractivity contribution in [3.8, 4) is 5.69 Å². The zero-order chi connectivity index (χ0) is 23.0. The Morgan fingerprint density at radius 3 is 2.62 bits per heavy atom. The van der Waals surface area contributed by atoms with Gasteiger partial charge in [0.15, 0.2) is 5.69 Å². The van der Waals surface area contributed by atoms with Crippen LogP contribution < -0.4 is 4.90 Å². The van der Waals surface area contributed by atoms with E-state index in [4.69, 9.17) is 14.8 Å². The third-order valence-electron chi connectivity index (χ3n) is 6.08. The molecule has 170 valence electrons. The average Bonchev–Trinajstić information content (AvgIpc) is 3.41. The maximum atomic E-state index is 12.6. The number of pyridine rings is 1. The molecular formula is C25H33N5O2. The Morgan fingerprint density at radius 2 is 1.97 bits per heavy atom. The third-order valence-corrected chi connectivity index (χ3v) is 6.08. The Kier molecular flexibility index (Phi) is 5.95. The number of esters is 1. The number of rotatable bonds is 5. The van der Waals surface area contributed by atoms with E-state index in [0.29, 0.717) is 18.3 Å². The minimum absolute atomic E-state index is 0.181. The van der Waals surface area contributed by atoms with Crippen molar-refractivity contribution in [2.24, 2.45) is 0 Å². The molecule has 7 heteroatoms. The maximum absolute atomic E-state index is 12.6. The van der Waals surface area contributed by atoms with E-state index in [2.05, 4.69) is 56.8 Å². The molecule has 0 amide bonds. The Morgan fingerprint density at radius 1 is 1.19 bits per heavy atom. The molecule has 7 nitrogen and oxygen atoms in total. The van der Waals surface area contributed by atoms with Crippen molar-refractivity contribution in [3.05, 3.63) is 47.8 Å². The second kappa shape index (κ2) is 8.54. The number of carbonyl (C=O) groups excluding carboxylic acids is 1. The normalized spacial score (nSPS) is 16.8. The van der Waals surface area contributed by atoms with Gasteiger partial charge in [0.2, 0.25) is 0 Å². The molecule has 0 radical (unpaired) electrons. The summed E-state index contributed by atoms with van der Waals surface area (Å²) in [6.45, 7) is 10.4. The largest absolute Gasteiger partial charge is 0.461 e. The Bertz CT molecular complexity index is 1130. The molecule has 1 unspecified atom stereocenters. The number of anilines is 1. The molecule has 1 aliphatic rings. The van der Waals surface area contributed by atoms with Gasteiger partial charge in [0.25, 0.3) is 0 Å². The molecule has 1 aromatic carbocycles. The summed E-state index contributed by atoms with van der Waals surface area (Å²) in [5, 5.41) is 5.76. The predicted octanol–water partition coefficient (Wildman–Crippen LogP) is 4.04. The highest BCUT2D eigenvalue weighted by molar-refractivity contribution is 5.89. The van der Waals surface area contributed by atoms with Crippen LogP contribution in [0.25, 0.3) is 16.6 Å². The van der Waals surface area contributed by atoms with Crippen molar-refractivity contribution in [1.82, 2.24) is 19.7 Å². The van der Waals surface area contributed by atoms with E-state index in [0.717, 1.165) is 47.6 Å². The summed E-state index contributed by atoms with van der Waals surface area (Å²) in [6.07, 6.45) is 1.15. The summed E-state index contributed by atoms with van der Waals surface area (Å²) >= 11 is 0. The molecule has 0 N–H and O–H groups in total. The Hall–Kier alpha value is -2.93. The van der Waals surface area contributed by atoms with Crippen LogP contribution in [-0.4, -0.2) is 65.5 Å². The first-order valence-electron chi connectivity index (χ1n) is 11.3. The highest BCUT2D eigenvalue weighted by Crippen LogP contribution is 2.27. The van der Waals surface area contributed by atoms with Crippen molar-refractivity contribution in [3.63, 3.8) is 0 Å². The molecule has 0 saturated carbocycles. The van der Waals surface area contributed by atoms with Gasteiger partial charge >= 0.3 is 5.97 Å². The number of carbonyl (C=O) groups is 1. The summed E-state index contributed by atoms with van der Waals surface area (Å²) in [6, 6.07) is 12.6. The van der Waals surface area contributed by atoms with Crippen molar-refractivity contribution in [1.29, 1.82) is 0 Å². The van der Waals surface area contributed by atoms with E-state index in [-0.39, 0.29) is 11.4 Å². The molecule has 3 heterocycles. The molecule has 0 aliphatic carbocycles. The van der Waals surface area contributed by atoms with Crippen LogP contribution in [0.15, 0.2) is 36.4 Å². The topological polar surface area (TPSA) is 63.5 Å². The van der Waals surface area contributed by atoms with Crippen molar-refractivity contribution >= 4 is 22.7 Å². The lowest BCUT2D eigenvalue weighted by molar-refractivity contribution is 0.0515. The molecule has 1 aliphatic heterocycles. The lowest BCUT2D eigenvalue weighted by Gasteiger charge is -2.21. The monoisotopic (exact) mass is 435 g/mol. The van der Waals surface area contributed by atoms with Crippen LogP contribution in [0.3, 0.4) is 0 Å². The van der Waals surface area contributed by atoms with Gasteiger partial charge in [-0.05, 0) is 63.8 Å². The fourth-order valence-corrected chi connectivity index (χ4v) is 4.08. The van der Waals surface area contributed by atoms with E-state index in [1.807, 2.05) is 31.2 Å². The van der Waals surface area contributed by atoms with Gasteiger partial charge in [-0.3, -0.25) is 0 Å². The van der Waals surface area contributed by atoms with Crippen LogP contribution in [0.1, 0.15) is 50.3 Å². The van der Waals surface area contributed by atoms with Gasteiger partial charge in [0, 0.05) is 29.9 Å². The second-order valence-corrected chi connectivity index (χ2v) is 9.70. The number of hydrogen-bond donors (Lipinski definition) is 0. The molecule has 1 fully saturated rings. The molecule has 3 aromatic rings. The molecule has 32 heavy (non-hydrogen) atoms. The van der Waals surface area contributed by atoms with Crippen molar-refractivity contribution in [2.75, 3.05) is 38.7 Å². The molecule has 1 saturated heterocycles. The van der Waals surface area contributed by atoms with Gasteiger partial charge in [-0.25, -0.2) is 14.5 Å². The number of nitrogens with zero attached hydrogens (tertiary/aromatic N) is 5. The van der Waals surface area contributed by atoms with E-state index < -0.39 is 0 Å². The summed E-state index contributed by atoms with van der Waals surface area (Å²) < 4.78 is 6.97. The minimum atomic E-state index is -0.367. The second-order valence-electron chi connectivity index (χ2n) is 9.70. The minimum Gasteiger partial charge on any atom is -0.461 e. The van der Waals surface area contributed by atoms with Crippen LogP contribution in [0.2, 0.25) is 0 Å².